The van der Waals surface area contributed by atoms with Gasteiger partial charge in [-0.15, -0.1) is 0 Å². The molecule has 128 valence electrons. The number of carbonyl (C=O) groups is 1. The molecule has 0 spiro atoms. The van der Waals surface area contributed by atoms with Crippen molar-refractivity contribution >= 4 is 5.91 Å². The van der Waals surface area contributed by atoms with Crippen LogP contribution in [0.1, 0.15) is 52.5 Å². The first-order chi connectivity index (χ1) is 12.2. The number of carbonyl (C=O) groups excluding carboxylic acids is 1. The third-order valence-corrected chi connectivity index (χ3v) is 4.68. The summed E-state index contributed by atoms with van der Waals surface area (Å²) in [4.78, 5) is 16.3. The monoisotopic (exact) mass is 337 g/mol. The van der Waals surface area contributed by atoms with Crippen LogP contribution in [0.4, 0.5) is 0 Å². The van der Waals surface area contributed by atoms with Crippen molar-refractivity contribution in [2.75, 3.05) is 0 Å². The van der Waals surface area contributed by atoms with Gasteiger partial charge in [-0.25, -0.2) is 4.98 Å². The highest BCUT2D eigenvalue weighted by Crippen LogP contribution is 2.34. The standard InChI is InChI=1S/C19H19N3O3/c1-3-14-9-17(22-25-14)13-4-6-15-12(8-13)5-7-16(15)21-19(23)18-11(2)20-10-24-18/h4,6,8-10,16H,3,5,7H2,1-2H3,(H,21,23). The van der Waals surface area contributed by atoms with Crippen LogP contribution in [0, 0.1) is 6.92 Å². The highest BCUT2D eigenvalue weighted by atomic mass is 16.5. The Hall–Kier alpha value is -2.89. The highest BCUT2D eigenvalue weighted by Gasteiger charge is 2.26. The van der Waals surface area contributed by atoms with Gasteiger partial charge in [-0.3, -0.25) is 4.79 Å². The molecule has 1 unspecified atom stereocenters. The Morgan fingerprint density at radius 2 is 2.24 bits per heavy atom. The Labute approximate surface area is 145 Å². The first-order valence-corrected chi connectivity index (χ1v) is 8.45. The number of hydrogen-bond donors (Lipinski definition) is 1. The zero-order valence-corrected chi connectivity index (χ0v) is 14.2. The predicted molar refractivity (Wildman–Crippen MR) is 91.1 cm³/mol. The van der Waals surface area contributed by atoms with Crippen molar-refractivity contribution in [3.8, 4) is 11.3 Å². The van der Waals surface area contributed by atoms with E-state index in [1.807, 2.05) is 19.1 Å². The van der Waals surface area contributed by atoms with Gasteiger partial charge in [-0.05, 0) is 37.0 Å². The van der Waals surface area contributed by atoms with E-state index in [9.17, 15) is 4.79 Å². The van der Waals surface area contributed by atoms with Crippen LogP contribution in [0.2, 0.25) is 0 Å². The van der Waals surface area contributed by atoms with Crippen LogP contribution in [-0.4, -0.2) is 16.0 Å². The average Bonchev–Trinajstić information content (AvgIpc) is 3.34. The van der Waals surface area contributed by atoms with Gasteiger partial charge >= 0.3 is 0 Å². The van der Waals surface area contributed by atoms with Crippen molar-refractivity contribution in [1.82, 2.24) is 15.5 Å². The molecule has 1 aliphatic rings. The van der Waals surface area contributed by atoms with Crippen LogP contribution < -0.4 is 5.32 Å². The van der Waals surface area contributed by atoms with Gasteiger partial charge in [0.2, 0.25) is 5.76 Å². The molecule has 6 nitrogen and oxygen atoms in total. The van der Waals surface area contributed by atoms with Gasteiger partial charge in [0.25, 0.3) is 5.91 Å². The molecule has 2 heterocycles. The fraction of sp³-hybridized carbons (Fsp3) is 0.316. The minimum atomic E-state index is -0.221. The smallest absolute Gasteiger partial charge is 0.289 e. The third-order valence-electron chi connectivity index (χ3n) is 4.68. The number of amides is 1. The molecule has 6 heteroatoms. The van der Waals surface area contributed by atoms with E-state index in [0.29, 0.717) is 5.69 Å². The fourth-order valence-corrected chi connectivity index (χ4v) is 3.29. The number of fused-ring (bicyclic) bond motifs is 1. The minimum Gasteiger partial charge on any atom is -0.438 e. The molecule has 1 aliphatic carbocycles. The number of benzene rings is 1. The van der Waals surface area contributed by atoms with Crippen molar-refractivity contribution in [3.05, 3.63) is 59.0 Å². The lowest BCUT2D eigenvalue weighted by Crippen LogP contribution is -2.27. The molecule has 0 saturated carbocycles. The normalized spacial score (nSPS) is 16.0. The Balaban J connectivity index is 1.55. The van der Waals surface area contributed by atoms with Crippen molar-refractivity contribution in [1.29, 1.82) is 0 Å². The van der Waals surface area contributed by atoms with Crippen molar-refractivity contribution in [2.24, 2.45) is 0 Å². The summed E-state index contributed by atoms with van der Waals surface area (Å²) in [7, 11) is 0. The van der Waals surface area contributed by atoms with E-state index in [-0.39, 0.29) is 17.7 Å². The molecule has 0 radical (unpaired) electrons. The molecule has 4 rings (SSSR count). The van der Waals surface area contributed by atoms with E-state index in [1.54, 1.807) is 6.92 Å². The molecular formula is C19H19N3O3. The van der Waals surface area contributed by atoms with Gasteiger partial charge in [-0.2, -0.15) is 0 Å². The number of rotatable bonds is 4. The topological polar surface area (TPSA) is 81.2 Å². The SMILES string of the molecule is CCc1cc(-c2ccc3c(c2)CCC3NC(=O)c2ocnc2C)no1. The van der Waals surface area contributed by atoms with Crippen LogP contribution in [0.25, 0.3) is 11.3 Å². The summed E-state index contributed by atoms with van der Waals surface area (Å²) in [6.45, 7) is 3.80. The van der Waals surface area contributed by atoms with Gasteiger partial charge in [0, 0.05) is 18.1 Å². The van der Waals surface area contributed by atoms with E-state index in [0.717, 1.165) is 41.8 Å². The van der Waals surface area contributed by atoms with Gasteiger partial charge in [0.15, 0.2) is 6.39 Å². The van der Waals surface area contributed by atoms with Gasteiger partial charge < -0.3 is 14.3 Å². The van der Waals surface area contributed by atoms with Crippen molar-refractivity contribution < 1.29 is 13.7 Å². The molecule has 0 bridgehead atoms. The highest BCUT2D eigenvalue weighted by molar-refractivity contribution is 5.92. The predicted octanol–water partition coefficient (Wildman–Crippen LogP) is 3.62. The maximum absolute atomic E-state index is 12.3. The first-order valence-electron chi connectivity index (χ1n) is 8.45. The number of hydrogen-bond acceptors (Lipinski definition) is 5. The molecule has 2 aromatic heterocycles. The molecule has 1 N–H and O–H groups in total. The maximum Gasteiger partial charge on any atom is 0.289 e. The number of aromatic nitrogens is 2. The first kappa shape index (κ1) is 15.6. The van der Waals surface area contributed by atoms with E-state index < -0.39 is 0 Å². The molecule has 0 fully saturated rings. The zero-order valence-electron chi connectivity index (χ0n) is 14.2. The summed E-state index contributed by atoms with van der Waals surface area (Å²) in [6, 6.07) is 8.20. The molecule has 0 saturated heterocycles. The summed E-state index contributed by atoms with van der Waals surface area (Å²) >= 11 is 0. The molecule has 25 heavy (non-hydrogen) atoms. The Morgan fingerprint density at radius 1 is 1.36 bits per heavy atom. The number of oxazole rings is 1. The maximum atomic E-state index is 12.3. The second-order valence-electron chi connectivity index (χ2n) is 6.28. The lowest BCUT2D eigenvalue weighted by atomic mass is 10.0. The van der Waals surface area contributed by atoms with Crippen LogP contribution in [0.15, 0.2) is 39.6 Å². The fourth-order valence-electron chi connectivity index (χ4n) is 3.29. The van der Waals surface area contributed by atoms with Gasteiger partial charge in [0.05, 0.1) is 11.7 Å². The Kier molecular flexibility index (Phi) is 3.87. The van der Waals surface area contributed by atoms with Crippen LogP contribution >= 0.6 is 0 Å². The lowest BCUT2D eigenvalue weighted by molar-refractivity contribution is 0.0908. The van der Waals surface area contributed by atoms with E-state index in [1.165, 1.54) is 12.0 Å². The van der Waals surface area contributed by atoms with E-state index >= 15 is 0 Å². The van der Waals surface area contributed by atoms with Crippen LogP contribution in [0.5, 0.6) is 0 Å². The second-order valence-corrected chi connectivity index (χ2v) is 6.28. The molecule has 1 amide bonds. The van der Waals surface area contributed by atoms with Crippen LogP contribution in [0.3, 0.4) is 0 Å². The van der Waals surface area contributed by atoms with Crippen molar-refractivity contribution in [3.63, 3.8) is 0 Å². The molecule has 1 atom stereocenters. The Bertz CT molecular complexity index is 926. The van der Waals surface area contributed by atoms with Gasteiger partial charge in [0.1, 0.15) is 11.5 Å². The molecule has 3 aromatic rings. The quantitative estimate of drug-likeness (QED) is 0.786. The summed E-state index contributed by atoms with van der Waals surface area (Å²) in [5.74, 6) is 0.934. The lowest BCUT2D eigenvalue weighted by Gasteiger charge is -2.13. The number of nitrogens with one attached hydrogen (secondary N) is 1. The average molecular weight is 337 g/mol. The molecule has 0 aliphatic heterocycles. The largest absolute Gasteiger partial charge is 0.438 e. The van der Waals surface area contributed by atoms with E-state index in [4.69, 9.17) is 8.94 Å². The van der Waals surface area contributed by atoms with Crippen molar-refractivity contribution in [2.45, 2.75) is 39.2 Å². The minimum absolute atomic E-state index is 0.00967. The zero-order chi connectivity index (χ0) is 17.4. The number of aryl methyl sites for hydroxylation is 3. The summed E-state index contributed by atoms with van der Waals surface area (Å²) in [5.41, 5.74) is 4.88. The van der Waals surface area contributed by atoms with Crippen LogP contribution in [-0.2, 0) is 12.8 Å². The Morgan fingerprint density at radius 3 is 2.96 bits per heavy atom. The van der Waals surface area contributed by atoms with Gasteiger partial charge in [-0.1, -0.05) is 24.2 Å². The summed E-state index contributed by atoms with van der Waals surface area (Å²) in [5, 5.41) is 7.17. The summed E-state index contributed by atoms with van der Waals surface area (Å²) < 4.78 is 10.5. The second kappa shape index (κ2) is 6.20. The molecule has 1 aromatic carbocycles. The molecular weight excluding hydrogens is 318 g/mol. The van der Waals surface area contributed by atoms with E-state index in [2.05, 4.69) is 27.6 Å². The third kappa shape index (κ3) is 2.84. The number of nitrogens with zero attached hydrogens (tertiary/aromatic N) is 2. The summed E-state index contributed by atoms with van der Waals surface area (Å²) in [6.07, 6.45) is 3.91.